The lowest BCUT2D eigenvalue weighted by Gasteiger charge is -2.41. The Morgan fingerprint density at radius 2 is 1.80 bits per heavy atom. The molecule has 1 N–H and O–H groups in total. The van der Waals surface area contributed by atoms with Gasteiger partial charge >= 0.3 is 5.97 Å². The minimum absolute atomic E-state index is 0.269. The molecule has 4 nitrogen and oxygen atoms in total. The number of carbonyl (C=O) groups is 1. The summed E-state index contributed by atoms with van der Waals surface area (Å²) in [6.45, 7) is 3.96. The van der Waals surface area contributed by atoms with Crippen LogP contribution in [0.1, 0.15) is 68.6 Å². The fourth-order valence-electron chi connectivity index (χ4n) is 4.34. The van der Waals surface area contributed by atoms with Crippen LogP contribution in [0.5, 0.6) is 0 Å². The molecule has 2 aliphatic rings. The fourth-order valence-corrected chi connectivity index (χ4v) is 4.34. The summed E-state index contributed by atoms with van der Waals surface area (Å²) >= 11 is 0. The third kappa shape index (κ3) is 4.75. The Balaban J connectivity index is 1.53. The summed E-state index contributed by atoms with van der Waals surface area (Å²) in [4.78, 5) is 14.0. The number of hydrogen-bond acceptors (Lipinski definition) is 4. The van der Waals surface area contributed by atoms with Crippen molar-refractivity contribution in [2.75, 3.05) is 24.6 Å². The zero-order valence-corrected chi connectivity index (χ0v) is 15.4. The van der Waals surface area contributed by atoms with Crippen molar-refractivity contribution >= 4 is 11.7 Å². The number of benzene rings is 1. The fraction of sp³-hybridized carbons (Fsp3) is 0.667. The highest BCUT2D eigenvalue weighted by atomic mass is 16.5. The van der Waals surface area contributed by atoms with Crippen LogP contribution in [-0.4, -0.2) is 36.4 Å². The lowest BCUT2D eigenvalue weighted by atomic mass is 9.77. The van der Waals surface area contributed by atoms with Gasteiger partial charge in [0.05, 0.1) is 17.8 Å². The minimum atomic E-state index is -0.483. The van der Waals surface area contributed by atoms with Crippen molar-refractivity contribution in [2.24, 2.45) is 5.92 Å². The van der Waals surface area contributed by atoms with Gasteiger partial charge in [-0.15, -0.1) is 0 Å². The molecule has 1 aliphatic heterocycles. The van der Waals surface area contributed by atoms with Crippen LogP contribution in [-0.2, 0) is 4.74 Å². The van der Waals surface area contributed by atoms with Crippen LogP contribution in [0.3, 0.4) is 0 Å². The van der Waals surface area contributed by atoms with Crippen LogP contribution in [0.2, 0.25) is 0 Å². The number of aliphatic hydroxyl groups is 1. The highest BCUT2D eigenvalue weighted by Crippen LogP contribution is 2.36. The molecule has 1 saturated carbocycles. The van der Waals surface area contributed by atoms with Crippen molar-refractivity contribution in [2.45, 2.75) is 63.9 Å². The number of anilines is 1. The molecule has 1 aliphatic carbocycles. The largest absolute Gasteiger partial charge is 0.462 e. The van der Waals surface area contributed by atoms with E-state index < -0.39 is 5.60 Å². The maximum atomic E-state index is 11.7. The molecule has 0 bridgehead atoms. The van der Waals surface area contributed by atoms with Crippen LogP contribution in [0, 0.1) is 5.92 Å². The van der Waals surface area contributed by atoms with Gasteiger partial charge in [-0.05, 0) is 56.4 Å². The molecule has 1 aromatic rings. The van der Waals surface area contributed by atoms with Gasteiger partial charge in [0.25, 0.3) is 0 Å². The zero-order valence-electron chi connectivity index (χ0n) is 15.4. The summed E-state index contributed by atoms with van der Waals surface area (Å²) in [5.41, 5.74) is 1.23. The molecule has 138 valence electrons. The summed E-state index contributed by atoms with van der Waals surface area (Å²) in [7, 11) is 0. The molecular weight excluding hydrogens is 314 g/mol. The lowest BCUT2D eigenvalue weighted by Crippen LogP contribution is -2.45. The quantitative estimate of drug-likeness (QED) is 0.814. The minimum Gasteiger partial charge on any atom is -0.462 e. The van der Waals surface area contributed by atoms with E-state index in [0.717, 1.165) is 38.0 Å². The number of hydrogen-bond donors (Lipinski definition) is 1. The van der Waals surface area contributed by atoms with E-state index in [4.69, 9.17) is 4.74 Å². The highest BCUT2D eigenvalue weighted by molar-refractivity contribution is 5.89. The Hall–Kier alpha value is -1.55. The Morgan fingerprint density at radius 3 is 2.40 bits per heavy atom. The van der Waals surface area contributed by atoms with E-state index in [-0.39, 0.29) is 5.97 Å². The molecule has 1 aromatic carbocycles. The van der Waals surface area contributed by atoms with Gasteiger partial charge in [0.15, 0.2) is 0 Å². The lowest BCUT2D eigenvalue weighted by molar-refractivity contribution is -0.0111. The van der Waals surface area contributed by atoms with E-state index >= 15 is 0 Å². The van der Waals surface area contributed by atoms with Gasteiger partial charge in [0, 0.05) is 18.8 Å². The first-order valence-electron chi connectivity index (χ1n) is 9.84. The summed E-state index contributed by atoms with van der Waals surface area (Å²) < 4.78 is 5.03. The molecule has 2 fully saturated rings. The first kappa shape index (κ1) is 18.2. The van der Waals surface area contributed by atoms with Crippen LogP contribution >= 0.6 is 0 Å². The van der Waals surface area contributed by atoms with Gasteiger partial charge in [-0.1, -0.05) is 32.1 Å². The third-order valence-corrected chi connectivity index (χ3v) is 5.83. The number of carbonyl (C=O) groups excluding carboxylic acids is 1. The van der Waals surface area contributed by atoms with Crippen molar-refractivity contribution in [1.29, 1.82) is 0 Å². The standard InChI is InChI=1S/C21H31NO3/c1-2-25-20(23)18-8-10-19(11-9-18)22-14-12-21(24,13-15-22)16-17-6-4-3-5-7-17/h8-11,17,24H,2-7,12-16H2,1H3. The normalized spacial score (nSPS) is 21.1. The zero-order chi connectivity index (χ0) is 17.7. The highest BCUT2D eigenvalue weighted by Gasteiger charge is 2.35. The van der Waals surface area contributed by atoms with Crippen LogP contribution < -0.4 is 4.90 Å². The maximum Gasteiger partial charge on any atom is 0.338 e. The van der Waals surface area contributed by atoms with Crippen molar-refractivity contribution in [3.05, 3.63) is 29.8 Å². The van der Waals surface area contributed by atoms with E-state index in [9.17, 15) is 9.90 Å². The molecule has 0 radical (unpaired) electrons. The first-order chi connectivity index (χ1) is 12.1. The second kappa shape index (κ2) is 8.22. The number of piperidine rings is 1. The second-order valence-corrected chi connectivity index (χ2v) is 7.69. The van der Waals surface area contributed by atoms with Gasteiger partial charge in [0.2, 0.25) is 0 Å². The molecule has 0 spiro atoms. The molecule has 4 heteroatoms. The van der Waals surface area contributed by atoms with Crippen LogP contribution in [0.25, 0.3) is 0 Å². The Bertz CT molecular complexity index is 555. The molecular formula is C21H31NO3. The Kier molecular flexibility index (Phi) is 6.00. The van der Waals surface area contributed by atoms with Crippen molar-refractivity contribution < 1.29 is 14.6 Å². The number of esters is 1. The maximum absolute atomic E-state index is 11.7. The molecule has 1 saturated heterocycles. The summed E-state index contributed by atoms with van der Waals surface area (Å²) in [6.07, 6.45) is 9.27. The Morgan fingerprint density at radius 1 is 1.16 bits per heavy atom. The summed E-state index contributed by atoms with van der Waals surface area (Å²) in [5.74, 6) is 0.448. The van der Waals surface area contributed by atoms with Gasteiger partial charge in [-0.25, -0.2) is 4.79 Å². The van der Waals surface area contributed by atoms with Crippen molar-refractivity contribution in [3.63, 3.8) is 0 Å². The number of rotatable bonds is 5. The number of ether oxygens (including phenoxy) is 1. The molecule has 0 amide bonds. The molecule has 0 atom stereocenters. The van der Waals surface area contributed by atoms with Crippen molar-refractivity contribution in [3.8, 4) is 0 Å². The first-order valence-corrected chi connectivity index (χ1v) is 9.84. The van der Waals surface area contributed by atoms with E-state index in [1.165, 1.54) is 32.1 Å². The van der Waals surface area contributed by atoms with E-state index in [0.29, 0.717) is 18.1 Å². The second-order valence-electron chi connectivity index (χ2n) is 7.69. The molecule has 25 heavy (non-hydrogen) atoms. The van der Waals surface area contributed by atoms with E-state index in [1.54, 1.807) is 0 Å². The predicted molar refractivity (Wildman–Crippen MR) is 100.0 cm³/mol. The molecule has 0 aromatic heterocycles. The molecule has 0 unspecified atom stereocenters. The van der Waals surface area contributed by atoms with Gasteiger partial charge in [-0.2, -0.15) is 0 Å². The third-order valence-electron chi connectivity index (χ3n) is 5.83. The van der Waals surface area contributed by atoms with E-state index in [2.05, 4.69) is 4.90 Å². The van der Waals surface area contributed by atoms with Crippen molar-refractivity contribution in [1.82, 2.24) is 0 Å². The average molecular weight is 345 g/mol. The smallest absolute Gasteiger partial charge is 0.338 e. The average Bonchev–Trinajstić information content (AvgIpc) is 2.63. The summed E-state index contributed by atoms with van der Waals surface area (Å²) in [6, 6.07) is 7.63. The van der Waals surface area contributed by atoms with Crippen LogP contribution in [0.15, 0.2) is 24.3 Å². The topological polar surface area (TPSA) is 49.8 Å². The Labute approximate surface area is 151 Å². The summed E-state index contributed by atoms with van der Waals surface area (Å²) in [5, 5.41) is 11.0. The molecule has 3 rings (SSSR count). The van der Waals surface area contributed by atoms with Gasteiger partial charge in [0.1, 0.15) is 0 Å². The monoisotopic (exact) mass is 345 g/mol. The van der Waals surface area contributed by atoms with Gasteiger partial charge < -0.3 is 14.7 Å². The SMILES string of the molecule is CCOC(=O)c1ccc(N2CCC(O)(CC3CCCCC3)CC2)cc1. The van der Waals surface area contributed by atoms with E-state index in [1.807, 2.05) is 31.2 Å². The molecule has 1 heterocycles. The van der Waals surface area contributed by atoms with Crippen LogP contribution in [0.4, 0.5) is 5.69 Å². The number of nitrogens with zero attached hydrogens (tertiary/aromatic N) is 1. The van der Waals surface area contributed by atoms with Gasteiger partial charge in [-0.3, -0.25) is 0 Å². The predicted octanol–water partition coefficient (Wildman–Crippen LogP) is 4.17.